The van der Waals surface area contributed by atoms with E-state index >= 15 is 0 Å². The molecular weight excluding hydrogens is 312 g/mol. The standard InChI is InChI=1S/C20H34N4O/c1-8-21-19(23-13-18(25)24-20(5,6)7)22-10-9-17-15(3)11-14(2)12-16(17)4/h11-12H,8-10,13H2,1-7H3,(H,24,25)(H2,21,22,23). The maximum atomic E-state index is 11.9. The molecule has 5 heteroatoms. The van der Waals surface area contributed by atoms with Crippen molar-refractivity contribution in [2.75, 3.05) is 19.6 Å². The Morgan fingerprint density at radius 3 is 2.20 bits per heavy atom. The van der Waals surface area contributed by atoms with Gasteiger partial charge in [-0.2, -0.15) is 0 Å². The van der Waals surface area contributed by atoms with E-state index in [0.29, 0.717) is 5.96 Å². The Balaban J connectivity index is 2.61. The zero-order chi connectivity index (χ0) is 19.0. The Morgan fingerprint density at radius 1 is 1.08 bits per heavy atom. The Labute approximate surface area is 152 Å². The van der Waals surface area contributed by atoms with E-state index in [1.807, 2.05) is 27.7 Å². The van der Waals surface area contributed by atoms with Crippen LogP contribution in [0.5, 0.6) is 0 Å². The van der Waals surface area contributed by atoms with E-state index in [4.69, 9.17) is 0 Å². The second-order valence-corrected chi connectivity index (χ2v) is 7.55. The molecule has 0 fully saturated rings. The van der Waals surface area contributed by atoms with Gasteiger partial charge in [-0.3, -0.25) is 4.79 Å². The van der Waals surface area contributed by atoms with E-state index in [-0.39, 0.29) is 18.0 Å². The second kappa shape index (κ2) is 9.44. The molecule has 0 bridgehead atoms. The van der Waals surface area contributed by atoms with Gasteiger partial charge in [-0.25, -0.2) is 4.99 Å². The molecule has 1 aromatic carbocycles. The molecule has 0 heterocycles. The third-order valence-corrected chi connectivity index (χ3v) is 3.75. The highest BCUT2D eigenvalue weighted by Gasteiger charge is 2.13. The normalized spacial score (nSPS) is 12.0. The van der Waals surface area contributed by atoms with Gasteiger partial charge in [0.1, 0.15) is 6.54 Å². The lowest BCUT2D eigenvalue weighted by Crippen LogP contribution is -2.43. The van der Waals surface area contributed by atoms with Crippen molar-refractivity contribution in [3.8, 4) is 0 Å². The smallest absolute Gasteiger partial charge is 0.242 e. The summed E-state index contributed by atoms with van der Waals surface area (Å²) >= 11 is 0. The summed E-state index contributed by atoms with van der Waals surface area (Å²) in [5.74, 6) is 0.601. The van der Waals surface area contributed by atoms with Gasteiger partial charge in [-0.15, -0.1) is 0 Å². The number of carbonyl (C=O) groups excluding carboxylic acids is 1. The molecule has 5 nitrogen and oxygen atoms in total. The fourth-order valence-corrected chi connectivity index (χ4v) is 2.86. The second-order valence-electron chi connectivity index (χ2n) is 7.55. The summed E-state index contributed by atoms with van der Waals surface area (Å²) < 4.78 is 0. The summed E-state index contributed by atoms with van der Waals surface area (Å²) in [5, 5.41) is 9.42. The van der Waals surface area contributed by atoms with E-state index in [1.165, 1.54) is 22.3 Å². The van der Waals surface area contributed by atoms with Crippen LogP contribution in [0.1, 0.15) is 49.9 Å². The lowest BCUT2D eigenvalue weighted by Gasteiger charge is -2.20. The van der Waals surface area contributed by atoms with Gasteiger partial charge >= 0.3 is 0 Å². The first-order valence-electron chi connectivity index (χ1n) is 9.02. The number of benzene rings is 1. The highest BCUT2D eigenvalue weighted by atomic mass is 16.2. The number of carbonyl (C=O) groups is 1. The van der Waals surface area contributed by atoms with Gasteiger partial charge < -0.3 is 16.0 Å². The van der Waals surface area contributed by atoms with E-state index in [2.05, 4.69) is 53.8 Å². The summed E-state index contributed by atoms with van der Waals surface area (Å²) in [4.78, 5) is 16.3. The Hall–Kier alpha value is -2.04. The lowest BCUT2D eigenvalue weighted by molar-refractivity contribution is -0.121. The summed E-state index contributed by atoms with van der Waals surface area (Å²) in [6.45, 7) is 16.0. The Kier molecular flexibility index (Phi) is 7.94. The highest BCUT2D eigenvalue weighted by molar-refractivity contribution is 5.85. The molecule has 25 heavy (non-hydrogen) atoms. The number of nitrogens with one attached hydrogen (secondary N) is 3. The molecular formula is C20H34N4O. The van der Waals surface area contributed by atoms with Crippen molar-refractivity contribution in [2.24, 2.45) is 4.99 Å². The predicted octanol–water partition coefficient (Wildman–Crippen LogP) is 2.62. The van der Waals surface area contributed by atoms with Gasteiger partial charge in [0.15, 0.2) is 5.96 Å². The Morgan fingerprint density at radius 2 is 1.68 bits per heavy atom. The molecule has 0 aliphatic carbocycles. The third-order valence-electron chi connectivity index (χ3n) is 3.75. The van der Waals surface area contributed by atoms with Crippen LogP contribution in [0.25, 0.3) is 0 Å². The molecule has 0 atom stereocenters. The molecule has 0 unspecified atom stereocenters. The number of hydrogen-bond donors (Lipinski definition) is 3. The van der Waals surface area contributed by atoms with Crippen LogP contribution >= 0.6 is 0 Å². The molecule has 3 N–H and O–H groups in total. The molecule has 1 amide bonds. The first-order chi connectivity index (χ1) is 11.6. The quantitative estimate of drug-likeness (QED) is 0.548. The number of aliphatic imine (C=N–C) groups is 1. The molecule has 140 valence electrons. The van der Waals surface area contributed by atoms with Crippen LogP contribution in [0, 0.1) is 20.8 Å². The van der Waals surface area contributed by atoms with E-state index in [0.717, 1.165) is 19.5 Å². The molecule has 0 aliphatic rings. The predicted molar refractivity (Wildman–Crippen MR) is 106 cm³/mol. The minimum atomic E-state index is -0.237. The lowest BCUT2D eigenvalue weighted by atomic mass is 9.97. The van der Waals surface area contributed by atoms with Crippen LogP contribution in [0.15, 0.2) is 17.1 Å². The highest BCUT2D eigenvalue weighted by Crippen LogP contribution is 2.16. The molecule has 1 aromatic rings. The molecule has 0 aromatic heterocycles. The van der Waals surface area contributed by atoms with Crippen LogP contribution < -0.4 is 16.0 Å². The van der Waals surface area contributed by atoms with Gasteiger partial charge in [-0.1, -0.05) is 17.7 Å². The zero-order valence-electron chi connectivity index (χ0n) is 16.8. The van der Waals surface area contributed by atoms with Crippen molar-refractivity contribution in [1.82, 2.24) is 16.0 Å². The number of amides is 1. The minimum absolute atomic E-state index is 0.0741. The van der Waals surface area contributed by atoms with Crippen LogP contribution in [0.2, 0.25) is 0 Å². The van der Waals surface area contributed by atoms with Crippen molar-refractivity contribution in [3.63, 3.8) is 0 Å². The van der Waals surface area contributed by atoms with Gasteiger partial charge in [-0.05, 0) is 71.6 Å². The molecule has 0 spiro atoms. The van der Waals surface area contributed by atoms with Gasteiger partial charge in [0.25, 0.3) is 0 Å². The largest absolute Gasteiger partial charge is 0.357 e. The molecule has 0 aliphatic heterocycles. The topological polar surface area (TPSA) is 65.5 Å². The maximum absolute atomic E-state index is 11.9. The minimum Gasteiger partial charge on any atom is -0.357 e. The molecule has 1 rings (SSSR count). The van der Waals surface area contributed by atoms with Crippen molar-refractivity contribution < 1.29 is 4.79 Å². The molecule has 0 saturated heterocycles. The zero-order valence-corrected chi connectivity index (χ0v) is 16.8. The van der Waals surface area contributed by atoms with Crippen LogP contribution in [-0.4, -0.2) is 37.0 Å². The first-order valence-corrected chi connectivity index (χ1v) is 9.02. The molecule has 0 radical (unpaired) electrons. The fourth-order valence-electron chi connectivity index (χ4n) is 2.86. The van der Waals surface area contributed by atoms with Crippen molar-refractivity contribution in [2.45, 2.75) is 60.4 Å². The van der Waals surface area contributed by atoms with Crippen molar-refractivity contribution in [3.05, 3.63) is 34.4 Å². The van der Waals surface area contributed by atoms with Crippen molar-refractivity contribution >= 4 is 11.9 Å². The number of guanidine groups is 1. The SMILES string of the molecule is CCNC(=NCC(=O)NC(C)(C)C)NCCc1c(C)cc(C)cc1C. The molecule has 0 saturated carbocycles. The van der Waals surface area contributed by atoms with Crippen molar-refractivity contribution in [1.29, 1.82) is 0 Å². The van der Waals surface area contributed by atoms with E-state index in [9.17, 15) is 4.79 Å². The van der Waals surface area contributed by atoms with Crippen LogP contribution in [0.4, 0.5) is 0 Å². The first kappa shape index (κ1) is 21.0. The van der Waals surface area contributed by atoms with Gasteiger partial charge in [0.05, 0.1) is 0 Å². The van der Waals surface area contributed by atoms with E-state index in [1.54, 1.807) is 0 Å². The fraction of sp³-hybridized carbons (Fsp3) is 0.600. The number of rotatable bonds is 6. The van der Waals surface area contributed by atoms with E-state index < -0.39 is 0 Å². The maximum Gasteiger partial charge on any atom is 0.242 e. The summed E-state index contributed by atoms with van der Waals surface area (Å²) in [6.07, 6.45) is 0.927. The number of aryl methyl sites for hydroxylation is 3. The van der Waals surface area contributed by atoms with Gasteiger partial charge in [0, 0.05) is 18.6 Å². The number of hydrogen-bond acceptors (Lipinski definition) is 2. The third kappa shape index (κ3) is 8.05. The summed E-state index contributed by atoms with van der Waals surface area (Å²) in [7, 11) is 0. The van der Waals surface area contributed by atoms with Gasteiger partial charge in [0.2, 0.25) is 5.91 Å². The summed E-state index contributed by atoms with van der Waals surface area (Å²) in [6, 6.07) is 4.44. The average molecular weight is 347 g/mol. The van der Waals surface area contributed by atoms with Crippen LogP contribution in [-0.2, 0) is 11.2 Å². The Bertz CT molecular complexity index is 592. The number of nitrogens with zero attached hydrogens (tertiary/aromatic N) is 1. The summed E-state index contributed by atoms with van der Waals surface area (Å²) in [5.41, 5.74) is 5.08. The van der Waals surface area contributed by atoms with Crippen LogP contribution in [0.3, 0.4) is 0 Å². The monoisotopic (exact) mass is 346 g/mol. The average Bonchev–Trinajstić information content (AvgIpc) is 2.45.